The molecule has 0 aliphatic heterocycles. The highest BCUT2D eigenvalue weighted by molar-refractivity contribution is 6.32. The number of pyridine rings is 1. The normalized spacial score (nSPS) is 11.5. The second-order valence-corrected chi connectivity index (χ2v) is 6.72. The van der Waals surface area contributed by atoms with Gasteiger partial charge >= 0.3 is 5.97 Å². The van der Waals surface area contributed by atoms with E-state index in [1.807, 2.05) is 20.8 Å². The predicted molar refractivity (Wildman–Crippen MR) is 85.3 cm³/mol. The first-order chi connectivity index (χ1) is 10.2. The number of hydrogen-bond donors (Lipinski definition) is 0. The van der Waals surface area contributed by atoms with Gasteiger partial charge in [0, 0.05) is 24.2 Å². The van der Waals surface area contributed by atoms with Crippen molar-refractivity contribution < 1.29 is 9.53 Å². The average molecular weight is 342 g/mol. The molecule has 5 nitrogen and oxygen atoms in total. The van der Waals surface area contributed by atoms with Crippen LogP contribution >= 0.6 is 23.2 Å². The molecule has 0 aliphatic rings. The molecule has 2 heterocycles. The zero-order valence-corrected chi connectivity index (χ0v) is 14.4. The van der Waals surface area contributed by atoms with Crippen LogP contribution in [-0.2, 0) is 23.8 Å². The van der Waals surface area contributed by atoms with Gasteiger partial charge in [0.2, 0.25) is 0 Å². The van der Waals surface area contributed by atoms with E-state index in [0.717, 1.165) is 0 Å². The highest BCUT2D eigenvalue weighted by Gasteiger charge is 2.26. The highest BCUT2D eigenvalue weighted by atomic mass is 35.5. The van der Waals surface area contributed by atoms with E-state index in [-0.39, 0.29) is 17.2 Å². The largest absolute Gasteiger partial charge is 0.457 e. The summed E-state index contributed by atoms with van der Waals surface area (Å²) in [4.78, 5) is 16.2. The van der Waals surface area contributed by atoms with Crippen LogP contribution in [0.2, 0.25) is 10.3 Å². The van der Waals surface area contributed by atoms with E-state index >= 15 is 0 Å². The van der Waals surface area contributed by atoms with Crippen LogP contribution in [0.1, 0.15) is 42.4 Å². The molecule has 22 heavy (non-hydrogen) atoms. The maximum Gasteiger partial charge on any atom is 0.341 e. The quantitative estimate of drug-likeness (QED) is 0.629. The van der Waals surface area contributed by atoms with E-state index < -0.39 is 5.97 Å². The van der Waals surface area contributed by atoms with Crippen LogP contribution in [0.5, 0.6) is 0 Å². The van der Waals surface area contributed by atoms with Gasteiger partial charge in [-0.3, -0.25) is 4.68 Å². The summed E-state index contributed by atoms with van der Waals surface area (Å²) < 4.78 is 6.93. The van der Waals surface area contributed by atoms with Crippen molar-refractivity contribution in [2.45, 2.75) is 32.8 Å². The Kier molecular flexibility index (Phi) is 4.78. The maximum absolute atomic E-state index is 12.3. The Labute approximate surface area is 139 Å². The Hall–Kier alpha value is -1.59. The second-order valence-electron chi connectivity index (χ2n) is 5.98. The summed E-state index contributed by atoms with van der Waals surface area (Å²) in [6.45, 7) is 6.00. The number of aryl methyl sites for hydroxylation is 1. The summed E-state index contributed by atoms with van der Waals surface area (Å²) in [5, 5.41) is 4.87. The third-order valence-corrected chi connectivity index (χ3v) is 3.55. The Morgan fingerprint density at radius 3 is 2.59 bits per heavy atom. The number of rotatable bonds is 3. The molecule has 0 saturated heterocycles. The lowest BCUT2D eigenvalue weighted by molar-refractivity contribution is 0.0469. The Morgan fingerprint density at radius 1 is 1.32 bits per heavy atom. The van der Waals surface area contributed by atoms with Crippen LogP contribution in [0.3, 0.4) is 0 Å². The Bertz CT molecular complexity index is 705. The average Bonchev–Trinajstić information content (AvgIpc) is 2.79. The molecule has 0 aromatic carbocycles. The summed E-state index contributed by atoms with van der Waals surface area (Å²) in [6, 6.07) is 3.28. The number of carbonyl (C=O) groups excluding carboxylic acids is 1. The summed E-state index contributed by atoms with van der Waals surface area (Å²) in [5.74, 6) is -0.441. The van der Waals surface area contributed by atoms with Gasteiger partial charge in [-0.2, -0.15) is 5.10 Å². The number of nitrogens with zero attached hydrogens (tertiary/aromatic N) is 3. The molecule has 118 valence electrons. The molecular weight excluding hydrogens is 325 g/mol. The zero-order valence-electron chi connectivity index (χ0n) is 12.9. The SMILES string of the molecule is Cn1cc(C(=O)OCc2ccc(Cl)nc2Cl)c(C(C)(C)C)n1. The first-order valence-corrected chi connectivity index (χ1v) is 7.46. The molecule has 0 amide bonds. The van der Waals surface area contributed by atoms with Crippen molar-refractivity contribution in [2.24, 2.45) is 7.05 Å². The van der Waals surface area contributed by atoms with E-state index in [9.17, 15) is 4.79 Å². The van der Waals surface area contributed by atoms with Crippen molar-refractivity contribution in [3.05, 3.63) is 45.5 Å². The van der Waals surface area contributed by atoms with Gasteiger partial charge in [-0.25, -0.2) is 9.78 Å². The molecule has 0 N–H and O–H groups in total. The van der Waals surface area contributed by atoms with Gasteiger partial charge in [-0.05, 0) is 12.1 Å². The summed E-state index contributed by atoms with van der Waals surface area (Å²) in [6.07, 6.45) is 1.66. The van der Waals surface area contributed by atoms with Crippen LogP contribution in [0.15, 0.2) is 18.3 Å². The monoisotopic (exact) mass is 341 g/mol. The van der Waals surface area contributed by atoms with Gasteiger partial charge in [-0.15, -0.1) is 0 Å². The van der Waals surface area contributed by atoms with Crippen molar-refractivity contribution in [1.29, 1.82) is 0 Å². The Morgan fingerprint density at radius 2 is 2.00 bits per heavy atom. The first kappa shape index (κ1) is 16.8. The molecule has 0 saturated carbocycles. The molecular formula is C15H17Cl2N3O2. The first-order valence-electron chi connectivity index (χ1n) is 6.70. The maximum atomic E-state index is 12.3. The lowest BCUT2D eigenvalue weighted by atomic mass is 9.89. The third kappa shape index (κ3) is 3.78. The Balaban J connectivity index is 2.16. The molecule has 0 spiro atoms. The number of aromatic nitrogens is 3. The molecule has 0 fully saturated rings. The van der Waals surface area contributed by atoms with Gasteiger partial charge in [0.05, 0.1) is 5.69 Å². The molecule has 2 rings (SSSR count). The van der Waals surface area contributed by atoms with Crippen LogP contribution in [0.25, 0.3) is 0 Å². The number of esters is 1. The van der Waals surface area contributed by atoms with E-state index in [0.29, 0.717) is 22.0 Å². The van der Waals surface area contributed by atoms with E-state index in [2.05, 4.69) is 10.1 Å². The van der Waals surface area contributed by atoms with Gasteiger partial charge in [0.15, 0.2) is 0 Å². The summed E-state index contributed by atoms with van der Waals surface area (Å²) in [7, 11) is 1.77. The molecule has 0 bridgehead atoms. The fourth-order valence-electron chi connectivity index (χ4n) is 1.96. The zero-order chi connectivity index (χ0) is 16.5. The van der Waals surface area contributed by atoms with Gasteiger partial charge in [0.1, 0.15) is 22.5 Å². The predicted octanol–water partition coefficient (Wildman–Crippen LogP) is 3.78. The van der Waals surface area contributed by atoms with Gasteiger partial charge < -0.3 is 4.74 Å². The number of hydrogen-bond acceptors (Lipinski definition) is 4. The number of halogens is 2. The number of ether oxygens (including phenoxy) is 1. The van der Waals surface area contributed by atoms with Crippen molar-refractivity contribution in [2.75, 3.05) is 0 Å². The molecule has 2 aromatic rings. The van der Waals surface area contributed by atoms with Crippen LogP contribution < -0.4 is 0 Å². The number of carbonyl (C=O) groups is 1. The third-order valence-electron chi connectivity index (χ3n) is 3.01. The topological polar surface area (TPSA) is 57.0 Å². The van der Waals surface area contributed by atoms with Crippen LogP contribution in [-0.4, -0.2) is 20.7 Å². The van der Waals surface area contributed by atoms with E-state index in [1.54, 1.807) is 30.1 Å². The molecule has 2 aromatic heterocycles. The minimum absolute atomic E-state index is 0.0281. The minimum atomic E-state index is -0.441. The summed E-state index contributed by atoms with van der Waals surface area (Å²) >= 11 is 11.7. The molecule has 0 unspecified atom stereocenters. The molecule has 7 heteroatoms. The van der Waals surface area contributed by atoms with Crippen molar-refractivity contribution in [1.82, 2.24) is 14.8 Å². The molecule has 0 aliphatic carbocycles. The van der Waals surface area contributed by atoms with E-state index in [1.165, 1.54) is 0 Å². The smallest absolute Gasteiger partial charge is 0.341 e. The minimum Gasteiger partial charge on any atom is -0.457 e. The van der Waals surface area contributed by atoms with Gasteiger partial charge in [-0.1, -0.05) is 44.0 Å². The van der Waals surface area contributed by atoms with Crippen LogP contribution in [0.4, 0.5) is 0 Å². The standard InChI is InChI=1S/C15H17Cl2N3O2/c1-15(2,3)12-10(7-20(4)19-12)14(21)22-8-9-5-6-11(16)18-13(9)17/h5-7H,8H2,1-4H3. The fourth-order valence-corrected chi connectivity index (χ4v) is 2.36. The molecule has 0 atom stereocenters. The fraction of sp³-hybridized carbons (Fsp3) is 0.400. The molecule has 0 radical (unpaired) electrons. The lowest BCUT2D eigenvalue weighted by Crippen LogP contribution is -2.18. The second kappa shape index (κ2) is 6.26. The van der Waals surface area contributed by atoms with Crippen LogP contribution in [0, 0.1) is 0 Å². The van der Waals surface area contributed by atoms with Crippen molar-refractivity contribution in [3.8, 4) is 0 Å². The van der Waals surface area contributed by atoms with Gasteiger partial charge in [0.25, 0.3) is 0 Å². The highest BCUT2D eigenvalue weighted by Crippen LogP contribution is 2.25. The lowest BCUT2D eigenvalue weighted by Gasteiger charge is -2.16. The van der Waals surface area contributed by atoms with Crippen molar-refractivity contribution in [3.63, 3.8) is 0 Å². The summed E-state index contributed by atoms with van der Waals surface area (Å²) in [5.41, 5.74) is 1.49. The van der Waals surface area contributed by atoms with Crippen molar-refractivity contribution >= 4 is 29.2 Å². The van der Waals surface area contributed by atoms with E-state index in [4.69, 9.17) is 27.9 Å².